The largest absolute Gasteiger partial charge is 0.316 e. The zero-order valence-electron chi connectivity index (χ0n) is 12.9. The molecule has 5 heteroatoms. The average molecular weight is 376 g/mol. The van der Waals surface area contributed by atoms with E-state index in [9.17, 15) is 8.42 Å². The van der Waals surface area contributed by atoms with Crippen molar-refractivity contribution in [2.75, 3.05) is 24.6 Å². The third-order valence-corrected chi connectivity index (χ3v) is 5.78. The summed E-state index contributed by atoms with van der Waals surface area (Å²) in [5.41, 5.74) is 1.25. The van der Waals surface area contributed by atoms with Crippen molar-refractivity contribution < 1.29 is 8.42 Å². The van der Waals surface area contributed by atoms with E-state index in [1.165, 1.54) is 5.56 Å². The number of sulfone groups is 1. The molecule has 1 atom stereocenters. The molecule has 0 aliphatic heterocycles. The summed E-state index contributed by atoms with van der Waals surface area (Å²) >= 11 is 3.49. The van der Waals surface area contributed by atoms with Crippen LogP contribution in [0.15, 0.2) is 28.7 Å². The van der Waals surface area contributed by atoms with Crippen molar-refractivity contribution in [1.82, 2.24) is 5.32 Å². The second-order valence-electron chi connectivity index (χ2n) is 5.43. The molecule has 1 aromatic rings. The first-order valence-corrected chi connectivity index (χ1v) is 10.2. The van der Waals surface area contributed by atoms with Crippen molar-refractivity contribution in [3.05, 3.63) is 34.3 Å². The van der Waals surface area contributed by atoms with Crippen LogP contribution in [0.4, 0.5) is 0 Å². The molecule has 21 heavy (non-hydrogen) atoms. The first-order valence-electron chi connectivity index (χ1n) is 7.62. The smallest absolute Gasteiger partial charge is 0.150 e. The maximum atomic E-state index is 11.7. The molecule has 1 unspecified atom stereocenters. The molecule has 3 nitrogen and oxygen atoms in total. The third kappa shape index (κ3) is 7.98. The van der Waals surface area contributed by atoms with Crippen LogP contribution in [0, 0.1) is 5.92 Å². The van der Waals surface area contributed by atoms with Gasteiger partial charge in [-0.3, -0.25) is 0 Å². The Morgan fingerprint density at radius 2 is 2.05 bits per heavy atom. The van der Waals surface area contributed by atoms with Crippen molar-refractivity contribution in [1.29, 1.82) is 0 Å². The molecule has 0 saturated heterocycles. The molecule has 0 radical (unpaired) electrons. The molecule has 120 valence electrons. The lowest BCUT2D eigenvalue weighted by Gasteiger charge is -2.18. The number of halogens is 1. The molecule has 0 heterocycles. The molecule has 0 spiro atoms. The van der Waals surface area contributed by atoms with E-state index in [1.54, 1.807) is 6.92 Å². The quantitative estimate of drug-likeness (QED) is 0.637. The van der Waals surface area contributed by atoms with Crippen LogP contribution in [0.25, 0.3) is 0 Å². The summed E-state index contributed by atoms with van der Waals surface area (Å²) in [6.45, 7) is 5.71. The molecule has 0 fully saturated rings. The summed E-state index contributed by atoms with van der Waals surface area (Å²) in [4.78, 5) is 0. The van der Waals surface area contributed by atoms with Gasteiger partial charge in [-0.2, -0.15) is 0 Å². The summed E-state index contributed by atoms with van der Waals surface area (Å²) in [6, 6.07) is 8.25. The Hall–Kier alpha value is -0.390. The predicted octanol–water partition coefficient (Wildman–Crippen LogP) is 3.43. The van der Waals surface area contributed by atoms with Crippen LogP contribution in [0.2, 0.25) is 0 Å². The van der Waals surface area contributed by atoms with Crippen LogP contribution in [-0.2, 0) is 16.3 Å². The Morgan fingerprint density at radius 1 is 1.29 bits per heavy atom. The van der Waals surface area contributed by atoms with Gasteiger partial charge in [-0.05, 0) is 56.0 Å². The Kier molecular flexibility index (Phi) is 8.52. The third-order valence-electron chi connectivity index (χ3n) is 3.55. The molecule has 1 rings (SSSR count). The zero-order chi connectivity index (χ0) is 15.7. The molecule has 0 amide bonds. The molecular formula is C16H26BrNO2S. The van der Waals surface area contributed by atoms with Crippen molar-refractivity contribution in [3.63, 3.8) is 0 Å². The monoisotopic (exact) mass is 375 g/mol. The van der Waals surface area contributed by atoms with Crippen molar-refractivity contribution in [2.45, 2.75) is 33.1 Å². The highest BCUT2D eigenvalue weighted by Crippen LogP contribution is 2.17. The fourth-order valence-electron chi connectivity index (χ4n) is 2.25. The average Bonchev–Trinajstić information content (AvgIpc) is 2.45. The Morgan fingerprint density at radius 3 is 2.67 bits per heavy atom. The van der Waals surface area contributed by atoms with Gasteiger partial charge in [0.15, 0.2) is 0 Å². The van der Waals surface area contributed by atoms with E-state index < -0.39 is 9.84 Å². The van der Waals surface area contributed by atoms with Crippen molar-refractivity contribution in [3.8, 4) is 0 Å². The van der Waals surface area contributed by atoms with Gasteiger partial charge in [-0.1, -0.05) is 41.9 Å². The molecule has 0 aliphatic carbocycles. The Balaban J connectivity index is 2.63. The second-order valence-corrected chi connectivity index (χ2v) is 8.82. The fraction of sp³-hybridized carbons (Fsp3) is 0.625. The summed E-state index contributed by atoms with van der Waals surface area (Å²) < 4.78 is 24.5. The van der Waals surface area contributed by atoms with Crippen LogP contribution in [0.5, 0.6) is 0 Å². The van der Waals surface area contributed by atoms with Gasteiger partial charge in [-0.15, -0.1) is 0 Å². The number of nitrogens with one attached hydrogen (secondary N) is 1. The van der Waals surface area contributed by atoms with E-state index in [0.29, 0.717) is 5.92 Å². The highest BCUT2D eigenvalue weighted by Gasteiger charge is 2.15. The van der Waals surface area contributed by atoms with Crippen LogP contribution in [0.3, 0.4) is 0 Å². The van der Waals surface area contributed by atoms with Gasteiger partial charge in [0.05, 0.1) is 5.75 Å². The molecule has 0 aliphatic rings. The zero-order valence-corrected chi connectivity index (χ0v) is 15.3. The first kappa shape index (κ1) is 18.7. The Bertz CT molecular complexity index is 517. The minimum atomic E-state index is -2.88. The minimum Gasteiger partial charge on any atom is -0.316 e. The number of benzene rings is 1. The minimum absolute atomic E-state index is 0.235. The SMILES string of the molecule is CCCNCC(CCS(=O)(=O)CC)Cc1cccc(Br)c1. The summed E-state index contributed by atoms with van der Waals surface area (Å²) in [7, 11) is -2.88. The number of hydrogen-bond acceptors (Lipinski definition) is 3. The second kappa shape index (κ2) is 9.59. The lowest BCUT2D eigenvalue weighted by molar-refractivity contribution is 0.458. The van der Waals surface area contributed by atoms with Gasteiger partial charge in [0, 0.05) is 10.2 Å². The molecule has 0 bridgehead atoms. The van der Waals surface area contributed by atoms with Gasteiger partial charge in [0.1, 0.15) is 9.84 Å². The maximum absolute atomic E-state index is 11.7. The van der Waals surface area contributed by atoms with Gasteiger partial charge in [0.25, 0.3) is 0 Å². The van der Waals surface area contributed by atoms with E-state index in [0.717, 1.165) is 36.8 Å². The molecule has 1 N–H and O–H groups in total. The molecule has 1 aromatic carbocycles. The summed E-state index contributed by atoms with van der Waals surface area (Å²) in [6.07, 6.45) is 2.73. The van der Waals surface area contributed by atoms with Gasteiger partial charge >= 0.3 is 0 Å². The normalized spacial score (nSPS) is 13.3. The fourth-order valence-corrected chi connectivity index (χ4v) is 3.67. The summed E-state index contributed by atoms with van der Waals surface area (Å²) in [5.74, 6) is 0.877. The standard InChI is InChI=1S/C16H26BrNO2S/c1-3-9-18-13-15(8-10-21(19,20)4-2)11-14-6-5-7-16(17)12-14/h5-7,12,15,18H,3-4,8-11,13H2,1-2H3. The van der Waals surface area contributed by atoms with E-state index in [1.807, 2.05) is 12.1 Å². The van der Waals surface area contributed by atoms with Crippen LogP contribution in [-0.4, -0.2) is 33.0 Å². The lowest BCUT2D eigenvalue weighted by atomic mass is 9.97. The van der Waals surface area contributed by atoms with E-state index >= 15 is 0 Å². The van der Waals surface area contributed by atoms with Gasteiger partial charge in [-0.25, -0.2) is 8.42 Å². The van der Waals surface area contributed by atoms with Crippen molar-refractivity contribution in [2.24, 2.45) is 5.92 Å². The lowest BCUT2D eigenvalue weighted by Crippen LogP contribution is -2.27. The molecule has 0 saturated carbocycles. The number of hydrogen-bond donors (Lipinski definition) is 1. The van der Waals surface area contributed by atoms with E-state index in [4.69, 9.17) is 0 Å². The van der Waals surface area contributed by atoms with Gasteiger partial charge < -0.3 is 5.32 Å². The topological polar surface area (TPSA) is 46.2 Å². The maximum Gasteiger partial charge on any atom is 0.150 e. The highest BCUT2D eigenvalue weighted by atomic mass is 79.9. The van der Waals surface area contributed by atoms with Crippen LogP contribution >= 0.6 is 15.9 Å². The van der Waals surface area contributed by atoms with Crippen molar-refractivity contribution >= 4 is 25.8 Å². The predicted molar refractivity (Wildman–Crippen MR) is 93.4 cm³/mol. The molecule has 0 aromatic heterocycles. The first-order chi connectivity index (χ1) is 9.96. The van der Waals surface area contributed by atoms with Gasteiger partial charge in [0.2, 0.25) is 0 Å². The van der Waals surface area contributed by atoms with E-state index in [-0.39, 0.29) is 11.5 Å². The Labute approximate surface area is 137 Å². The van der Waals surface area contributed by atoms with E-state index in [2.05, 4.69) is 40.3 Å². The van der Waals surface area contributed by atoms with Crippen LogP contribution < -0.4 is 5.32 Å². The summed E-state index contributed by atoms with van der Waals surface area (Å²) in [5, 5.41) is 3.42. The van der Waals surface area contributed by atoms with Crippen LogP contribution in [0.1, 0.15) is 32.3 Å². The number of rotatable bonds is 10. The molecular weight excluding hydrogens is 350 g/mol. The highest BCUT2D eigenvalue weighted by molar-refractivity contribution is 9.10.